The zero-order valence-corrected chi connectivity index (χ0v) is 13.7. The lowest BCUT2D eigenvalue weighted by atomic mass is 10.0. The second kappa shape index (κ2) is 7.07. The molecule has 0 amide bonds. The molecule has 118 valence electrons. The van der Waals surface area contributed by atoms with Crippen molar-refractivity contribution in [2.45, 2.75) is 58.5 Å². The van der Waals surface area contributed by atoms with E-state index in [2.05, 4.69) is 41.0 Å². The second-order valence-electron chi connectivity index (χ2n) is 6.60. The lowest BCUT2D eigenvalue weighted by molar-refractivity contribution is 0.324. The molecule has 1 aliphatic rings. The lowest BCUT2D eigenvalue weighted by Gasteiger charge is -2.37. The van der Waals surface area contributed by atoms with E-state index in [1.807, 2.05) is 13.0 Å². The molecule has 1 saturated heterocycles. The van der Waals surface area contributed by atoms with Gasteiger partial charge in [-0.1, -0.05) is 0 Å². The van der Waals surface area contributed by atoms with Crippen molar-refractivity contribution in [1.82, 2.24) is 15.3 Å². The van der Waals surface area contributed by atoms with Gasteiger partial charge in [0, 0.05) is 36.9 Å². The molecule has 0 aromatic carbocycles. The van der Waals surface area contributed by atoms with E-state index in [1.54, 1.807) is 6.20 Å². The maximum Gasteiger partial charge on any atom is 0.228 e. The summed E-state index contributed by atoms with van der Waals surface area (Å²) in [6.45, 7) is 11.2. The molecular weight excluding hydrogens is 264 g/mol. The van der Waals surface area contributed by atoms with E-state index >= 15 is 0 Å². The Morgan fingerprint density at radius 1 is 1.38 bits per heavy atom. The molecule has 0 radical (unpaired) electrons. The van der Waals surface area contributed by atoms with E-state index in [0.717, 1.165) is 19.0 Å². The highest BCUT2D eigenvalue weighted by molar-refractivity contribution is 5.34. The van der Waals surface area contributed by atoms with E-state index in [9.17, 15) is 0 Å². The van der Waals surface area contributed by atoms with Crippen LogP contribution in [0.3, 0.4) is 0 Å². The molecule has 1 aromatic rings. The Bertz CT molecular complexity index is 444. The first-order valence-electron chi connectivity index (χ1n) is 7.97. The topological polar surface area (TPSA) is 50.3 Å². The summed E-state index contributed by atoms with van der Waals surface area (Å²) >= 11 is 0. The fourth-order valence-corrected chi connectivity index (χ4v) is 2.60. The van der Waals surface area contributed by atoms with Gasteiger partial charge in [0.25, 0.3) is 0 Å². The maximum atomic E-state index is 5.49. The predicted octanol–water partition coefficient (Wildman–Crippen LogP) is 2.62. The van der Waals surface area contributed by atoms with E-state index in [1.165, 1.54) is 19.3 Å². The average Bonchev–Trinajstić information content (AvgIpc) is 2.45. The summed E-state index contributed by atoms with van der Waals surface area (Å²) in [6, 6.07) is 2.27. The number of hydrogen-bond donors (Lipinski definition) is 1. The zero-order valence-electron chi connectivity index (χ0n) is 13.7. The van der Waals surface area contributed by atoms with Gasteiger partial charge in [-0.05, 0) is 47.0 Å². The molecule has 21 heavy (non-hydrogen) atoms. The minimum absolute atomic E-state index is 0.136. The number of piperidine rings is 1. The minimum Gasteiger partial charge on any atom is -0.478 e. The number of ether oxygens (including phenoxy) is 1. The molecule has 0 spiro atoms. The molecule has 1 unspecified atom stereocenters. The molecule has 2 heterocycles. The normalized spacial score (nSPS) is 19.6. The van der Waals surface area contributed by atoms with Crippen molar-refractivity contribution in [2.75, 3.05) is 24.6 Å². The number of rotatable bonds is 5. The van der Waals surface area contributed by atoms with Crippen LogP contribution in [0.15, 0.2) is 12.3 Å². The van der Waals surface area contributed by atoms with Crippen LogP contribution in [-0.2, 0) is 0 Å². The standard InChI is InChI=1S/C16H28N4O/c1-5-21-14-9-10-17-15(19-14)20-11-7-6-8-13(20)12-18-16(2,3)4/h9-10,13,18H,5-8,11-12H2,1-4H3. The highest BCUT2D eigenvalue weighted by atomic mass is 16.5. The van der Waals surface area contributed by atoms with Gasteiger partial charge in [0.15, 0.2) is 0 Å². The number of aromatic nitrogens is 2. The number of hydrogen-bond acceptors (Lipinski definition) is 5. The lowest BCUT2D eigenvalue weighted by Crippen LogP contribution is -2.50. The van der Waals surface area contributed by atoms with Gasteiger partial charge >= 0.3 is 0 Å². The van der Waals surface area contributed by atoms with Crippen molar-refractivity contribution >= 4 is 5.95 Å². The number of nitrogens with one attached hydrogen (secondary N) is 1. The molecule has 5 heteroatoms. The van der Waals surface area contributed by atoms with Crippen LogP contribution in [0.4, 0.5) is 5.95 Å². The molecule has 0 aliphatic carbocycles. The zero-order chi connectivity index (χ0) is 15.3. The Hall–Kier alpha value is -1.36. The molecule has 1 fully saturated rings. The SMILES string of the molecule is CCOc1ccnc(N2CCCCC2CNC(C)(C)C)n1. The Morgan fingerprint density at radius 3 is 2.90 bits per heavy atom. The largest absolute Gasteiger partial charge is 0.478 e. The van der Waals surface area contributed by atoms with Gasteiger partial charge in [-0.15, -0.1) is 0 Å². The Kier molecular flexibility index (Phi) is 5.39. The smallest absolute Gasteiger partial charge is 0.228 e. The quantitative estimate of drug-likeness (QED) is 0.904. The fourth-order valence-electron chi connectivity index (χ4n) is 2.60. The third-order valence-electron chi connectivity index (χ3n) is 3.66. The van der Waals surface area contributed by atoms with E-state index < -0.39 is 0 Å². The predicted molar refractivity (Wildman–Crippen MR) is 85.9 cm³/mol. The van der Waals surface area contributed by atoms with Gasteiger partial charge in [-0.25, -0.2) is 4.98 Å². The minimum atomic E-state index is 0.136. The van der Waals surface area contributed by atoms with Crippen LogP contribution in [0, 0.1) is 0 Å². The van der Waals surface area contributed by atoms with Crippen LogP contribution in [0.2, 0.25) is 0 Å². The summed E-state index contributed by atoms with van der Waals surface area (Å²) in [7, 11) is 0. The third kappa shape index (κ3) is 4.84. The molecule has 1 atom stereocenters. The molecular formula is C16H28N4O. The van der Waals surface area contributed by atoms with Crippen molar-refractivity contribution in [1.29, 1.82) is 0 Å². The second-order valence-corrected chi connectivity index (χ2v) is 6.60. The van der Waals surface area contributed by atoms with Crippen molar-refractivity contribution < 1.29 is 4.74 Å². The summed E-state index contributed by atoms with van der Waals surface area (Å²) in [6.07, 6.45) is 5.45. The van der Waals surface area contributed by atoms with Crippen molar-refractivity contribution in [3.05, 3.63) is 12.3 Å². The molecule has 1 N–H and O–H groups in total. The van der Waals surface area contributed by atoms with Gasteiger partial charge < -0.3 is 15.0 Å². The Balaban J connectivity index is 2.08. The first kappa shape index (κ1) is 16.0. The fraction of sp³-hybridized carbons (Fsp3) is 0.750. The van der Waals surface area contributed by atoms with Crippen LogP contribution in [-0.4, -0.2) is 41.2 Å². The Labute approximate surface area is 128 Å². The molecule has 2 rings (SSSR count). The van der Waals surface area contributed by atoms with Gasteiger partial charge in [-0.3, -0.25) is 0 Å². The first-order chi connectivity index (χ1) is 9.99. The van der Waals surface area contributed by atoms with E-state index in [-0.39, 0.29) is 5.54 Å². The van der Waals surface area contributed by atoms with Crippen LogP contribution >= 0.6 is 0 Å². The van der Waals surface area contributed by atoms with Crippen LogP contribution in [0.5, 0.6) is 5.88 Å². The summed E-state index contributed by atoms with van der Waals surface area (Å²) in [5.74, 6) is 1.46. The summed E-state index contributed by atoms with van der Waals surface area (Å²) in [4.78, 5) is 11.3. The van der Waals surface area contributed by atoms with Gasteiger partial charge in [0.1, 0.15) is 0 Å². The molecule has 1 aromatic heterocycles. The van der Waals surface area contributed by atoms with Crippen molar-refractivity contribution in [3.63, 3.8) is 0 Å². The van der Waals surface area contributed by atoms with Crippen molar-refractivity contribution in [3.8, 4) is 5.88 Å². The average molecular weight is 292 g/mol. The van der Waals surface area contributed by atoms with E-state index in [0.29, 0.717) is 18.5 Å². The van der Waals surface area contributed by atoms with Gasteiger partial charge in [-0.2, -0.15) is 4.98 Å². The molecule has 0 saturated carbocycles. The number of anilines is 1. The highest BCUT2D eigenvalue weighted by Crippen LogP contribution is 2.23. The first-order valence-corrected chi connectivity index (χ1v) is 7.97. The van der Waals surface area contributed by atoms with E-state index in [4.69, 9.17) is 4.74 Å². The molecule has 5 nitrogen and oxygen atoms in total. The van der Waals surface area contributed by atoms with Crippen LogP contribution in [0.25, 0.3) is 0 Å². The van der Waals surface area contributed by atoms with Gasteiger partial charge in [0.05, 0.1) is 6.61 Å². The number of nitrogens with zero attached hydrogens (tertiary/aromatic N) is 3. The monoisotopic (exact) mass is 292 g/mol. The third-order valence-corrected chi connectivity index (χ3v) is 3.66. The molecule has 1 aliphatic heterocycles. The summed E-state index contributed by atoms with van der Waals surface area (Å²) in [5.41, 5.74) is 0.136. The summed E-state index contributed by atoms with van der Waals surface area (Å²) in [5, 5.41) is 3.60. The van der Waals surface area contributed by atoms with Crippen LogP contribution < -0.4 is 15.0 Å². The molecule has 0 bridgehead atoms. The van der Waals surface area contributed by atoms with Crippen LogP contribution in [0.1, 0.15) is 47.0 Å². The maximum absolute atomic E-state index is 5.49. The summed E-state index contributed by atoms with van der Waals surface area (Å²) < 4.78 is 5.49. The van der Waals surface area contributed by atoms with Crippen molar-refractivity contribution in [2.24, 2.45) is 0 Å². The highest BCUT2D eigenvalue weighted by Gasteiger charge is 2.26. The Morgan fingerprint density at radius 2 is 2.19 bits per heavy atom. The van der Waals surface area contributed by atoms with Gasteiger partial charge in [0.2, 0.25) is 11.8 Å².